The number of likely N-dealkylation sites (tertiary alicyclic amines) is 1. The minimum absolute atomic E-state index is 0.509. The molecule has 0 saturated carbocycles. The highest BCUT2D eigenvalue weighted by molar-refractivity contribution is 7.80. The Bertz CT molecular complexity index is 526. The highest BCUT2D eigenvalue weighted by Crippen LogP contribution is 2.08. The summed E-state index contributed by atoms with van der Waals surface area (Å²) in [6.07, 6.45) is 5.11. The van der Waals surface area contributed by atoms with Gasteiger partial charge < -0.3 is 15.5 Å². The molecule has 0 aromatic carbocycles. The van der Waals surface area contributed by atoms with E-state index in [0.29, 0.717) is 16.1 Å². The van der Waals surface area contributed by atoms with E-state index < -0.39 is 0 Å². The van der Waals surface area contributed by atoms with Gasteiger partial charge >= 0.3 is 0 Å². The lowest BCUT2D eigenvalue weighted by molar-refractivity contribution is 0.227. The number of nitrogens with one attached hydrogen (secondary N) is 4. The molecule has 7 nitrogen and oxygen atoms in total. The Morgan fingerprint density at radius 1 is 0.926 bits per heavy atom. The predicted molar refractivity (Wildman–Crippen MR) is 123 cm³/mol. The van der Waals surface area contributed by atoms with Crippen LogP contribution < -0.4 is 21.5 Å². The monoisotopic (exact) mass is 413 g/mol. The van der Waals surface area contributed by atoms with Crippen molar-refractivity contribution in [2.24, 2.45) is 16.1 Å². The molecule has 1 aliphatic heterocycles. The largest absolute Gasteiger partial charge is 0.361 e. The van der Waals surface area contributed by atoms with E-state index in [-0.39, 0.29) is 0 Å². The van der Waals surface area contributed by atoms with E-state index in [9.17, 15) is 0 Å². The first kappa shape index (κ1) is 23.7. The Balaban J connectivity index is 2.21. The fourth-order valence-electron chi connectivity index (χ4n) is 2.49. The van der Waals surface area contributed by atoms with Crippen LogP contribution in [0.2, 0.25) is 0 Å². The first-order chi connectivity index (χ1) is 12.9. The van der Waals surface area contributed by atoms with Crippen LogP contribution in [0.1, 0.15) is 53.4 Å². The topological polar surface area (TPSA) is 76.1 Å². The zero-order valence-corrected chi connectivity index (χ0v) is 18.7. The highest BCUT2D eigenvalue weighted by Gasteiger charge is 2.08. The smallest absolute Gasteiger partial charge is 0.186 e. The first-order valence-corrected chi connectivity index (χ1v) is 10.6. The fraction of sp³-hybridized carbons (Fsp3) is 0.778. The van der Waals surface area contributed by atoms with Gasteiger partial charge in [-0.2, -0.15) is 10.2 Å². The number of thiocarbonyl (C=S) groups is 2. The summed E-state index contributed by atoms with van der Waals surface area (Å²) in [7, 11) is 0. The van der Waals surface area contributed by atoms with Crippen LogP contribution in [-0.4, -0.2) is 59.3 Å². The maximum atomic E-state index is 5.26. The van der Waals surface area contributed by atoms with Crippen LogP contribution in [0.3, 0.4) is 0 Å². The van der Waals surface area contributed by atoms with Gasteiger partial charge in [-0.3, -0.25) is 10.9 Å². The molecule has 9 heteroatoms. The van der Waals surface area contributed by atoms with E-state index >= 15 is 0 Å². The van der Waals surface area contributed by atoms with Crippen molar-refractivity contribution in [3.63, 3.8) is 0 Å². The highest BCUT2D eigenvalue weighted by atomic mass is 32.1. The van der Waals surface area contributed by atoms with Crippen molar-refractivity contribution in [1.29, 1.82) is 0 Å². The molecule has 0 aliphatic carbocycles. The molecule has 1 aliphatic rings. The van der Waals surface area contributed by atoms with Crippen LogP contribution >= 0.6 is 24.4 Å². The van der Waals surface area contributed by atoms with Gasteiger partial charge in [-0.05, 0) is 83.1 Å². The average molecular weight is 414 g/mol. The van der Waals surface area contributed by atoms with Crippen molar-refractivity contribution in [2.45, 2.75) is 53.4 Å². The maximum Gasteiger partial charge on any atom is 0.186 e. The van der Waals surface area contributed by atoms with Gasteiger partial charge in [0.2, 0.25) is 0 Å². The molecule has 0 aromatic heterocycles. The molecule has 0 unspecified atom stereocenters. The molecule has 0 spiro atoms. The van der Waals surface area contributed by atoms with E-state index in [2.05, 4.69) is 50.4 Å². The van der Waals surface area contributed by atoms with Crippen LogP contribution in [0, 0.1) is 5.92 Å². The van der Waals surface area contributed by atoms with Crippen molar-refractivity contribution in [2.75, 3.05) is 32.7 Å². The molecule has 154 valence electrons. The number of rotatable bonds is 9. The first-order valence-electron chi connectivity index (χ1n) is 9.77. The quantitative estimate of drug-likeness (QED) is 0.200. The lowest BCUT2D eigenvalue weighted by Crippen LogP contribution is -2.37. The third kappa shape index (κ3) is 11.9. The molecule has 1 saturated heterocycles. The summed E-state index contributed by atoms with van der Waals surface area (Å²) >= 11 is 10.4. The second-order valence-electron chi connectivity index (χ2n) is 7.23. The maximum absolute atomic E-state index is 5.26. The molecule has 1 fully saturated rings. The Hall–Kier alpha value is -1.32. The summed E-state index contributed by atoms with van der Waals surface area (Å²) in [6, 6.07) is 0. The summed E-state index contributed by atoms with van der Waals surface area (Å²) < 4.78 is 0. The lowest BCUT2D eigenvalue weighted by atomic mass is 10.1. The lowest BCUT2D eigenvalue weighted by Gasteiger charge is -2.26. The molecule has 0 aromatic rings. The van der Waals surface area contributed by atoms with Crippen LogP contribution in [-0.2, 0) is 0 Å². The number of piperidine rings is 1. The summed E-state index contributed by atoms with van der Waals surface area (Å²) in [5.41, 5.74) is 7.18. The summed E-state index contributed by atoms with van der Waals surface area (Å²) in [5.74, 6) is 0.524. The number of nitrogens with zero attached hydrogens (tertiary/aromatic N) is 3. The van der Waals surface area contributed by atoms with E-state index in [1.54, 1.807) is 0 Å². The van der Waals surface area contributed by atoms with Crippen LogP contribution in [0.4, 0.5) is 0 Å². The Kier molecular flexibility index (Phi) is 12.1. The number of hydrazone groups is 2. The van der Waals surface area contributed by atoms with Crippen molar-refractivity contribution in [3.8, 4) is 0 Å². The van der Waals surface area contributed by atoms with Crippen molar-refractivity contribution in [3.05, 3.63) is 0 Å². The normalized spacial score (nSPS) is 16.2. The molecule has 1 heterocycles. The van der Waals surface area contributed by atoms with Gasteiger partial charge in [-0.1, -0.05) is 20.3 Å². The van der Waals surface area contributed by atoms with Gasteiger partial charge in [0.15, 0.2) is 10.2 Å². The Morgan fingerprint density at radius 2 is 1.48 bits per heavy atom. The van der Waals surface area contributed by atoms with Crippen molar-refractivity contribution >= 4 is 46.1 Å². The minimum atomic E-state index is 0.509. The van der Waals surface area contributed by atoms with Gasteiger partial charge in [-0.25, -0.2) is 0 Å². The molecule has 0 bridgehead atoms. The molecular formula is C18H35N7S2. The summed E-state index contributed by atoms with van der Waals surface area (Å²) in [6.45, 7) is 13.2. The van der Waals surface area contributed by atoms with Gasteiger partial charge in [0.25, 0.3) is 0 Å². The third-order valence-corrected chi connectivity index (χ3v) is 4.70. The van der Waals surface area contributed by atoms with Gasteiger partial charge in [-0.15, -0.1) is 0 Å². The molecular weight excluding hydrogens is 378 g/mol. The van der Waals surface area contributed by atoms with E-state index in [1.807, 2.05) is 13.8 Å². The molecule has 0 atom stereocenters. The Morgan fingerprint density at radius 3 is 2.04 bits per heavy atom. The standard InChI is InChI=1S/C18H35N7S2/c1-14(2)13-20-18(27)24-22-16(4)15(3)21-23-17(26)19-9-8-12-25-10-6-5-7-11-25/h14H,5-13H2,1-4H3,(H2,19,23,26)(H2,20,24,27)/b21-15-,22-16-. The molecule has 1 rings (SSSR count). The average Bonchev–Trinajstić information content (AvgIpc) is 2.66. The van der Waals surface area contributed by atoms with E-state index in [4.69, 9.17) is 24.4 Å². The molecule has 4 N–H and O–H groups in total. The SMILES string of the molecule is CC(=N/NC(=S)NCCCN1CCCCC1)/C(C)=N\NC(=S)NCC(C)C. The number of hydrogen-bond acceptors (Lipinski definition) is 5. The van der Waals surface area contributed by atoms with Crippen LogP contribution in [0.25, 0.3) is 0 Å². The third-order valence-electron chi connectivity index (χ3n) is 4.23. The van der Waals surface area contributed by atoms with E-state index in [1.165, 1.54) is 32.4 Å². The predicted octanol–water partition coefficient (Wildman–Crippen LogP) is 2.20. The Labute approximate surface area is 174 Å². The van der Waals surface area contributed by atoms with Gasteiger partial charge in [0.05, 0.1) is 11.4 Å². The second-order valence-corrected chi connectivity index (χ2v) is 8.05. The van der Waals surface area contributed by atoms with Crippen LogP contribution in [0.15, 0.2) is 10.2 Å². The van der Waals surface area contributed by atoms with Crippen molar-refractivity contribution in [1.82, 2.24) is 26.4 Å². The van der Waals surface area contributed by atoms with Gasteiger partial charge in [0, 0.05) is 13.1 Å². The molecule has 0 amide bonds. The summed E-state index contributed by atoms with van der Waals surface area (Å²) in [5, 5.41) is 15.8. The zero-order chi connectivity index (χ0) is 20.1. The molecule has 0 radical (unpaired) electrons. The van der Waals surface area contributed by atoms with Gasteiger partial charge in [0.1, 0.15) is 0 Å². The molecule has 27 heavy (non-hydrogen) atoms. The van der Waals surface area contributed by atoms with E-state index in [0.717, 1.165) is 37.5 Å². The fourth-order valence-corrected chi connectivity index (χ4v) is 2.77. The van der Waals surface area contributed by atoms with Crippen LogP contribution in [0.5, 0.6) is 0 Å². The minimum Gasteiger partial charge on any atom is -0.361 e. The summed E-state index contributed by atoms with van der Waals surface area (Å²) in [4.78, 5) is 2.53. The van der Waals surface area contributed by atoms with Crippen molar-refractivity contribution < 1.29 is 0 Å². The number of hydrogen-bond donors (Lipinski definition) is 4. The zero-order valence-electron chi connectivity index (χ0n) is 17.1. The second kappa shape index (κ2) is 13.8.